The van der Waals surface area contributed by atoms with Crippen LogP contribution in [0.5, 0.6) is 5.75 Å². The molecular weight excluding hydrogens is 382 g/mol. The SMILES string of the molecule is O=C(c1ccc2c(c1)CN(C(=O)c1cc3ccccc3[nH]1)CCO2)N1CCOCC1. The van der Waals surface area contributed by atoms with E-state index in [0.717, 1.165) is 22.2 Å². The lowest BCUT2D eigenvalue weighted by atomic mass is 10.1. The van der Waals surface area contributed by atoms with Crippen molar-refractivity contribution >= 4 is 22.7 Å². The summed E-state index contributed by atoms with van der Waals surface area (Å²) in [4.78, 5) is 32.8. The number of benzene rings is 2. The second kappa shape index (κ2) is 7.84. The topological polar surface area (TPSA) is 74.9 Å². The highest BCUT2D eigenvalue weighted by atomic mass is 16.5. The van der Waals surface area contributed by atoms with Gasteiger partial charge in [0.05, 0.1) is 19.8 Å². The van der Waals surface area contributed by atoms with Gasteiger partial charge in [0, 0.05) is 41.7 Å². The molecule has 0 unspecified atom stereocenters. The van der Waals surface area contributed by atoms with Gasteiger partial charge in [-0.1, -0.05) is 18.2 Å². The Morgan fingerprint density at radius 2 is 1.67 bits per heavy atom. The van der Waals surface area contributed by atoms with Crippen LogP contribution in [-0.2, 0) is 11.3 Å². The van der Waals surface area contributed by atoms with E-state index >= 15 is 0 Å². The van der Waals surface area contributed by atoms with Crippen molar-refractivity contribution in [3.05, 3.63) is 65.4 Å². The van der Waals surface area contributed by atoms with E-state index in [2.05, 4.69) is 4.98 Å². The third-order valence-corrected chi connectivity index (χ3v) is 5.63. The van der Waals surface area contributed by atoms with E-state index in [1.165, 1.54) is 0 Å². The summed E-state index contributed by atoms with van der Waals surface area (Å²) in [6.45, 7) is 3.60. The van der Waals surface area contributed by atoms with E-state index in [9.17, 15) is 9.59 Å². The lowest BCUT2D eigenvalue weighted by Gasteiger charge is -2.27. The lowest BCUT2D eigenvalue weighted by Crippen LogP contribution is -2.40. The first-order valence-corrected chi connectivity index (χ1v) is 10.2. The monoisotopic (exact) mass is 405 g/mol. The number of H-pyrrole nitrogens is 1. The second-order valence-electron chi connectivity index (χ2n) is 7.57. The molecule has 2 aliphatic heterocycles. The quantitative estimate of drug-likeness (QED) is 0.711. The Morgan fingerprint density at radius 3 is 2.50 bits per heavy atom. The first-order chi connectivity index (χ1) is 14.7. The van der Waals surface area contributed by atoms with Crippen molar-refractivity contribution in [2.24, 2.45) is 0 Å². The van der Waals surface area contributed by atoms with Crippen molar-refractivity contribution < 1.29 is 19.1 Å². The van der Waals surface area contributed by atoms with Gasteiger partial charge in [0.25, 0.3) is 11.8 Å². The van der Waals surface area contributed by atoms with Crippen molar-refractivity contribution in [2.75, 3.05) is 39.5 Å². The number of carbonyl (C=O) groups excluding carboxylic acids is 2. The number of morpholine rings is 1. The number of hydrogen-bond donors (Lipinski definition) is 1. The Balaban J connectivity index is 1.39. The van der Waals surface area contributed by atoms with Gasteiger partial charge in [-0.15, -0.1) is 0 Å². The molecule has 2 amide bonds. The molecule has 1 N–H and O–H groups in total. The predicted octanol–water partition coefficient (Wildman–Crippen LogP) is 2.68. The van der Waals surface area contributed by atoms with E-state index in [4.69, 9.17) is 9.47 Å². The molecule has 154 valence electrons. The molecule has 5 rings (SSSR count). The fourth-order valence-electron chi connectivity index (χ4n) is 4.01. The largest absolute Gasteiger partial charge is 0.491 e. The Morgan fingerprint density at radius 1 is 0.867 bits per heavy atom. The van der Waals surface area contributed by atoms with Gasteiger partial charge in [-0.2, -0.15) is 0 Å². The zero-order valence-corrected chi connectivity index (χ0v) is 16.6. The molecule has 7 nitrogen and oxygen atoms in total. The lowest BCUT2D eigenvalue weighted by molar-refractivity contribution is 0.0303. The smallest absolute Gasteiger partial charge is 0.270 e. The van der Waals surface area contributed by atoms with E-state index < -0.39 is 0 Å². The molecule has 2 aromatic carbocycles. The van der Waals surface area contributed by atoms with E-state index in [1.54, 1.807) is 15.9 Å². The number of fused-ring (bicyclic) bond motifs is 2. The summed E-state index contributed by atoms with van der Waals surface area (Å²) in [6, 6.07) is 15.2. The molecule has 0 aliphatic carbocycles. The minimum absolute atomic E-state index is 0.0150. The molecule has 7 heteroatoms. The summed E-state index contributed by atoms with van der Waals surface area (Å²) >= 11 is 0. The molecule has 3 aromatic rings. The van der Waals surface area contributed by atoms with Crippen LogP contribution in [-0.4, -0.2) is 66.1 Å². The van der Waals surface area contributed by atoms with Crippen LogP contribution in [0.3, 0.4) is 0 Å². The van der Waals surface area contributed by atoms with Crippen molar-refractivity contribution in [3.63, 3.8) is 0 Å². The first-order valence-electron chi connectivity index (χ1n) is 10.2. The van der Waals surface area contributed by atoms with Gasteiger partial charge in [-0.25, -0.2) is 0 Å². The maximum Gasteiger partial charge on any atom is 0.270 e. The number of nitrogens with one attached hydrogen (secondary N) is 1. The molecule has 3 heterocycles. The minimum Gasteiger partial charge on any atom is -0.491 e. The van der Waals surface area contributed by atoms with Crippen LogP contribution >= 0.6 is 0 Å². The molecule has 0 spiro atoms. The Labute approximate surface area is 174 Å². The highest BCUT2D eigenvalue weighted by molar-refractivity contribution is 5.98. The maximum absolute atomic E-state index is 13.1. The van der Waals surface area contributed by atoms with Crippen molar-refractivity contribution in [1.82, 2.24) is 14.8 Å². The van der Waals surface area contributed by atoms with E-state index in [0.29, 0.717) is 57.3 Å². The number of aromatic amines is 1. The highest BCUT2D eigenvalue weighted by Crippen LogP contribution is 2.26. The minimum atomic E-state index is -0.0763. The number of para-hydroxylation sites is 1. The summed E-state index contributed by atoms with van der Waals surface area (Å²) in [5.41, 5.74) is 2.95. The number of ether oxygens (including phenoxy) is 2. The molecule has 2 aliphatic rings. The summed E-state index contributed by atoms with van der Waals surface area (Å²) in [5.74, 6) is 0.631. The molecule has 0 bridgehead atoms. The summed E-state index contributed by atoms with van der Waals surface area (Å²) < 4.78 is 11.2. The Bertz CT molecular complexity index is 1070. The van der Waals surface area contributed by atoms with Gasteiger partial charge in [0.15, 0.2) is 0 Å². The van der Waals surface area contributed by atoms with Gasteiger partial charge in [-0.05, 0) is 30.3 Å². The van der Waals surface area contributed by atoms with E-state index in [-0.39, 0.29) is 11.8 Å². The third kappa shape index (κ3) is 3.52. The second-order valence-corrected chi connectivity index (χ2v) is 7.57. The van der Waals surface area contributed by atoms with Crippen LogP contribution in [0.4, 0.5) is 0 Å². The Kier molecular flexibility index (Phi) is 4.88. The fraction of sp³-hybridized carbons (Fsp3) is 0.304. The van der Waals surface area contributed by atoms with Crippen molar-refractivity contribution in [1.29, 1.82) is 0 Å². The third-order valence-electron chi connectivity index (χ3n) is 5.63. The van der Waals surface area contributed by atoms with Gasteiger partial charge >= 0.3 is 0 Å². The highest BCUT2D eigenvalue weighted by Gasteiger charge is 2.25. The predicted molar refractivity (Wildman–Crippen MR) is 112 cm³/mol. The van der Waals surface area contributed by atoms with Gasteiger partial charge in [0.1, 0.15) is 18.1 Å². The van der Waals surface area contributed by atoms with Gasteiger partial charge < -0.3 is 24.3 Å². The van der Waals surface area contributed by atoms with Crippen LogP contribution in [0, 0.1) is 0 Å². The first kappa shape index (κ1) is 18.7. The molecule has 1 fully saturated rings. The number of rotatable bonds is 2. The molecule has 0 radical (unpaired) electrons. The number of carbonyl (C=O) groups is 2. The molecule has 30 heavy (non-hydrogen) atoms. The molecule has 0 saturated carbocycles. The Hall–Kier alpha value is -3.32. The molecule has 1 aromatic heterocycles. The number of aromatic nitrogens is 1. The summed E-state index contributed by atoms with van der Waals surface area (Å²) in [7, 11) is 0. The number of hydrogen-bond acceptors (Lipinski definition) is 4. The molecule has 0 atom stereocenters. The van der Waals surface area contributed by atoms with Gasteiger partial charge in [0.2, 0.25) is 0 Å². The number of nitrogens with zero attached hydrogens (tertiary/aromatic N) is 2. The zero-order chi connectivity index (χ0) is 20.5. The van der Waals surface area contributed by atoms with Crippen LogP contribution in [0.25, 0.3) is 10.9 Å². The normalized spacial score (nSPS) is 16.7. The zero-order valence-electron chi connectivity index (χ0n) is 16.6. The summed E-state index contributed by atoms with van der Waals surface area (Å²) in [6.07, 6.45) is 0. The van der Waals surface area contributed by atoms with Gasteiger partial charge in [-0.3, -0.25) is 9.59 Å². The fourth-order valence-corrected chi connectivity index (χ4v) is 4.01. The van der Waals surface area contributed by atoms with Crippen LogP contribution in [0.15, 0.2) is 48.5 Å². The number of amides is 2. The van der Waals surface area contributed by atoms with E-state index in [1.807, 2.05) is 42.5 Å². The molecular formula is C23H23N3O4. The van der Waals surface area contributed by atoms with Crippen LogP contribution < -0.4 is 4.74 Å². The van der Waals surface area contributed by atoms with Crippen LogP contribution in [0.1, 0.15) is 26.4 Å². The average Bonchev–Trinajstić information content (AvgIpc) is 3.11. The van der Waals surface area contributed by atoms with Crippen molar-refractivity contribution in [2.45, 2.75) is 6.54 Å². The maximum atomic E-state index is 13.1. The summed E-state index contributed by atoms with van der Waals surface area (Å²) in [5, 5.41) is 1.01. The average molecular weight is 405 g/mol. The van der Waals surface area contributed by atoms with Crippen LogP contribution in [0.2, 0.25) is 0 Å². The molecule has 1 saturated heterocycles. The van der Waals surface area contributed by atoms with Crippen molar-refractivity contribution in [3.8, 4) is 5.75 Å². The standard InChI is InChI=1S/C23H23N3O4/c27-22(25-7-10-29-11-8-25)17-5-6-21-18(13-17)15-26(9-12-30-21)23(28)20-14-16-3-1-2-4-19(16)24-20/h1-6,13-14,24H,7-12,15H2.